The van der Waals surface area contributed by atoms with Crippen molar-refractivity contribution < 1.29 is 21.7 Å². The zero-order chi connectivity index (χ0) is 13.2. The third-order valence-corrected chi connectivity index (χ3v) is 3.43. The van der Waals surface area contributed by atoms with E-state index >= 15 is 0 Å². The van der Waals surface area contributed by atoms with Gasteiger partial charge in [-0.2, -0.15) is 8.42 Å². The van der Waals surface area contributed by atoms with E-state index in [4.69, 9.17) is 4.74 Å². The molecular formula is C12H15FO4S. The molecule has 2 unspecified atom stereocenters. The largest absolute Gasteiger partial charge is 0.459 e. The van der Waals surface area contributed by atoms with E-state index < -0.39 is 16.5 Å². The van der Waals surface area contributed by atoms with Crippen LogP contribution in [-0.2, 0) is 14.3 Å². The van der Waals surface area contributed by atoms with Crippen molar-refractivity contribution in [3.05, 3.63) is 29.8 Å². The van der Waals surface area contributed by atoms with Gasteiger partial charge in [0.05, 0.1) is 18.8 Å². The monoisotopic (exact) mass is 274 g/mol. The van der Waals surface area contributed by atoms with Crippen LogP contribution >= 0.6 is 0 Å². The standard InChI is InChI=1S/C12H15FO4S/c1-18(14,15)16-8-4-6-10-9-5-2-3-7-11(9)17-12(10)13/h2-3,5,7,10,12H,4,6,8H2,1H3. The van der Waals surface area contributed by atoms with Gasteiger partial charge < -0.3 is 4.74 Å². The molecule has 0 N–H and O–H groups in total. The van der Waals surface area contributed by atoms with Gasteiger partial charge in [0, 0.05) is 5.56 Å². The van der Waals surface area contributed by atoms with Crippen LogP contribution in [0.5, 0.6) is 5.75 Å². The summed E-state index contributed by atoms with van der Waals surface area (Å²) >= 11 is 0. The zero-order valence-corrected chi connectivity index (χ0v) is 10.8. The number of para-hydroxylation sites is 1. The number of hydrogen-bond donors (Lipinski definition) is 0. The van der Waals surface area contributed by atoms with Crippen LogP contribution in [0.15, 0.2) is 24.3 Å². The molecule has 0 spiro atoms. The van der Waals surface area contributed by atoms with Crippen LogP contribution in [0.25, 0.3) is 0 Å². The molecule has 1 aliphatic heterocycles. The van der Waals surface area contributed by atoms with Crippen LogP contribution < -0.4 is 4.74 Å². The molecule has 0 aromatic heterocycles. The van der Waals surface area contributed by atoms with Crippen LogP contribution in [0, 0.1) is 0 Å². The van der Waals surface area contributed by atoms with Gasteiger partial charge >= 0.3 is 0 Å². The van der Waals surface area contributed by atoms with Crippen molar-refractivity contribution in [3.8, 4) is 5.75 Å². The molecule has 1 aliphatic rings. The highest BCUT2D eigenvalue weighted by Crippen LogP contribution is 2.41. The molecule has 1 aromatic rings. The van der Waals surface area contributed by atoms with Crippen molar-refractivity contribution in [2.45, 2.75) is 25.1 Å². The van der Waals surface area contributed by atoms with Crippen LogP contribution in [0.4, 0.5) is 4.39 Å². The number of benzene rings is 1. The summed E-state index contributed by atoms with van der Waals surface area (Å²) in [5.41, 5.74) is 0.837. The summed E-state index contributed by atoms with van der Waals surface area (Å²) in [7, 11) is -3.42. The molecule has 0 fully saturated rings. The lowest BCUT2D eigenvalue weighted by molar-refractivity contribution is 0.0627. The third kappa shape index (κ3) is 3.20. The maximum atomic E-state index is 13.7. The van der Waals surface area contributed by atoms with Crippen molar-refractivity contribution in [1.29, 1.82) is 0 Å². The van der Waals surface area contributed by atoms with Gasteiger partial charge in [-0.15, -0.1) is 0 Å². The van der Waals surface area contributed by atoms with Crippen molar-refractivity contribution in [3.63, 3.8) is 0 Å². The van der Waals surface area contributed by atoms with Gasteiger partial charge in [-0.05, 0) is 18.9 Å². The number of fused-ring (bicyclic) bond motifs is 1. The van der Waals surface area contributed by atoms with Gasteiger partial charge in [-0.3, -0.25) is 4.18 Å². The fourth-order valence-corrected chi connectivity index (χ4v) is 2.46. The van der Waals surface area contributed by atoms with Gasteiger partial charge in [0.1, 0.15) is 5.75 Å². The quantitative estimate of drug-likeness (QED) is 0.610. The molecule has 2 atom stereocenters. The van der Waals surface area contributed by atoms with E-state index in [1.54, 1.807) is 12.1 Å². The van der Waals surface area contributed by atoms with Crippen LogP contribution in [0.1, 0.15) is 24.3 Å². The Kier molecular flexibility index (Phi) is 3.87. The van der Waals surface area contributed by atoms with Crippen LogP contribution in [0.2, 0.25) is 0 Å². The van der Waals surface area contributed by atoms with Gasteiger partial charge in [0.25, 0.3) is 10.1 Å². The topological polar surface area (TPSA) is 52.6 Å². The van der Waals surface area contributed by atoms with E-state index in [-0.39, 0.29) is 12.5 Å². The number of hydrogen-bond acceptors (Lipinski definition) is 4. The highest BCUT2D eigenvalue weighted by molar-refractivity contribution is 7.85. The number of halogens is 1. The third-order valence-electron chi connectivity index (χ3n) is 2.83. The first-order chi connectivity index (χ1) is 8.47. The predicted molar refractivity (Wildman–Crippen MR) is 64.7 cm³/mol. The molecular weight excluding hydrogens is 259 g/mol. The van der Waals surface area contributed by atoms with E-state index in [0.29, 0.717) is 18.6 Å². The Morgan fingerprint density at radius 2 is 2.11 bits per heavy atom. The smallest absolute Gasteiger partial charge is 0.264 e. The maximum Gasteiger partial charge on any atom is 0.264 e. The summed E-state index contributed by atoms with van der Waals surface area (Å²) in [4.78, 5) is 0. The second-order valence-electron chi connectivity index (χ2n) is 4.28. The van der Waals surface area contributed by atoms with Crippen molar-refractivity contribution >= 4 is 10.1 Å². The maximum absolute atomic E-state index is 13.7. The fraction of sp³-hybridized carbons (Fsp3) is 0.500. The second-order valence-corrected chi connectivity index (χ2v) is 5.93. The highest BCUT2D eigenvalue weighted by atomic mass is 32.2. The number of rotatable bonds is 5. The molecule has 6 heteroatoms. The van der Waals surface area contributed by atoms with Crippen molar-refractivity contribution in [2.24, 2.45) is 0 Å². The summed E-state index contributed by atoms with van der Waals surface area (Å²) < 4.78 is 44.9. The SMILES string of the molecule is CS(=O)(=O)OCCCC1c2ccccc2OC1F. The van der Waals surface area contributed by atoms with Gasteiger partial charge in [-0.25, -0.2) is 4.39 Å². The van der Waals surface area contributed by atoms with E-state index in [1.807, 2.05) is 12.1 Å². The molecule has 0 saturated carbocycles. The lowest BCUT2D eigenvalue weighted by atomic mass is 9.96. The second kappa shape index (κ2) is 5.24. The van der Waals surface area contributed by atoms with E-state index in [9.17, 15) is 12.8 Å². The van der Waals surface area contributed by atoms with Crippen LogP contribution in [-0.4, -0.2) is 27.6 Å². The summed E-state index contributed by atoms with van der Waals surface area (Å²) in [6, 6.07) is 7.19. The number of ether oxygens (including phenoxy) is 1. The molecule has 1 aromatic carbocycles. The average Bonchev–Trinajstić information content (AvgIpc) is 2.59. The van der Waals surface area contributed by atoms with Gasteiger partial charge in [-0.1, -0.05) is 18.2 Å². The molecule has 0 bridgehead atoms. The first-order valence-corrected chi connectivity index (χ1v) is 7.53. The molecule has 2 rings (SSSR count). The Bertz CT molecular complexity index is 515. The molecule has 0 amide bonds. The zero-order valence-electron chi connectivity index (χ0n) is 10.0. The van der Waals surface area contributed by atoms with Gasteiger partial charge in [0.15, 0.2) is 0 Å². The first-order valence-electron chi connectivity index (χ1n) is 5.71. The fourth-order valence-electron chi connectivity index (χ4n) is 2.04. The minimum absolute atomic E-state index is 0.0736. The number of alkyl halides is 1. The molecule has 100 valence electrons. The minimum atomic E-state index is -3.42. The molecule has 4 nitrogen and oxygen atoms in total. The first kappa shape index (κ1) is 13.3. The highest BCUT2D eigenvalue weighted by Gasteiger charge is 2.33. The summed E-state index contributed by atoms with van der Waals surface area (Å²) in [5, 5.41) is 0. The summed E-state index contributed by atoms with van der Waals surface area (Å²) in [6.07, 6.45) is 0.600. The van der Waals surface area contributed by atoms with Crippen molar-refractivity contribution in [1.82, 2.24) is 0 Å². The Morgan fingerprint density at radius 3 is 2.83 bits per heavy atom. The molecule has 0 radical (unpaired) electrons. The Balaban J connectivity index is 1.90. The molecule has 18 heavy (non-hydrogen) atoms. The lowest BCUT2D eigenvalue weighted by Gasteiger charge is -2.11. The van der Waals surface area contributed by atoms with Crippen LogP contribution in [0.3, 0.4) is 0 Å². The Labute approximate surface area is 106 Å². The molecule has 0 saturated heterocycles. The van der Waals surface area contributed by atoms with E-state index in [1.165, 1.54) is 0 Å². The van der Waals surface area contributed by atoms with E-state index in [0.717, 1.165) is 11.8 Å². The molecule has 1 heterocycles. The summed E-state index contributed by atoms with van der Waals surface area (Å²) in [5.74, 6) is 0.225. The lowest BCUT2D eigenvalue weighted by Crippen LogP contribution is -2.13. The van der Waals surface area contributed by atoms with E-state index in [2.05, 4.69) is 4.18 Å². The Hall–Kier alpha value is -1.14. The molecule has 0 aliphatic carbocycles. The van der Waals surface area contributed by atoms with Gasteiger partial charge in [0.2, 0.25) is 6.36 Å². The minimum Gasteiger partial charge on any atom is -0.459 e. The predicted octanol–water partition coefficient (Wildman–Crippen LogP) is 2.21. The van der Waals surface area contributed by atoms with Crippen molar-refractivity contribution in [2.75, 3.05) is 12.9 Å². The average molecular weight is 274 g/mol. The normalized spacial score (nSPS) is 22.6. The Morgan fingerprint density at radius 1 is 1.39 bits per heavy atom. The summed E-state index contributed by atoms with van der Waals surface area (Å²) in [6.45, 7) is 0.0736.